The van der Waals surface area contributed by atoms with E-state index in [4.69, 9.17) is 9.47 Å². The maximum Gasteiger partial charge on any atom is 0.127 e. The number of methoxy groups -OCH3 is 1. The van der Waals surface area contributed by atoms with Gasteiger partial charge in [-0.25, -0.2) is 0 Å². The Morgan fingerprint density at radius 1 is 1.44 bits per heavy atom. The zero-order valence-corrected chi connectivity index (χ0v) is 9.61. The van der Waals surface area contributed by atoms with E-state index in [1.165, 1.54) is 24.9 Å². The van der Waals surface area contributed by atoms with Gasteiger partial charge in [0, 0.05) is 12.6 Å². The molecule has 0 aliphatic carbocycles. The predicted octanol–water partition coefficient (Wildman–Crippen LogP) is 2.05. The van der Waals surface area contributed by atoms with Gasteiger partial charge >= 0.3 is 0 Å². The average molecular weight is 219 g/mol. The summed E-state index contributed by atoms with van der Waals surface area (Å²) in [6.45, 7) is 2.97. The van der Waals surface area contributed by atoms with E-state index in [2.05, 4.69) is 4.90 Å². The third-order valence-electron chi connectivity index (χ3n) is 3.60. The zero-order chi connectivity index (χ0) is 11.0. The molecule has 0 radical (unpaired) electrons. The molecule has 1 aromatic carbocycles. The van der Waals surface area contributed by atoms with E-state index >= 15 is 0 Å². The smallest absolute Gasteiger partial charge is 0.127 e. The molecule has 3 rings (SSSR count). The minimum atomic E-state index is 0.595. The van der Waals surface area contributed by atoms with Gasteiger partial charge in [0.15, 0.2) is 0 Å². The van der Waals surface area contributed by atoms with Crippen LogP contribution in [0.15, 0.2) is 18.2 Å². The van der Waals surface area contributed by atoms with E-state index in [-0.39, 0.29) is 0 Å². The van der Waals surface area contributed by atoms with Crippen molar-refractivity contribution in [2.45, 2.75) is 25.4 Å². The molecule has 1 fully saturated rings. The van der Waals surface area contributed by atoms with Crippen LogP contribution < -0.4 is 9.47 Å². The van der Waals surface area contributed by atoms with Crippen LogP contribution in [-0.4, -0.2) is 31.2 Å². The summed E-state index contributed by atoms with van der Waals surface area (Å²) < 4.78 is 11.3. The van der Waals surface area contributed by atoms with E-state index in [1.807, 2.05) is 18.2 Å². The summed E-state index contributed by atoms with van der Waals surface area (Å²) in [5.74, 6) is 1.94. The number of rotatable bonds is 1. The topological polar surface area (TPSA) is 21.7 Å². The number of ether oxygens (including phenoxy) is 2. The van der Waals surface area contributed by atoms with Crippen LogP contribution in [0.1, 0.15) is 18.4 Å². The first-order valence-corrected chi connectivity index (χ1v) is 5.91. The van der Waals surface area contributed by atoms with Gasteiger partial charge in [0.1, 0.15) is 18.1 Å². The number of benzene rings is 1. The van der Waals surface area contributed by atoms with Crippen LogP contribution in [0.2, 0.25) is 0 Å². The van der Waals surface area contributed by atoms with Crippen molar-refractivity contribution in [1.29, 1.82) is 0 Å². The Hall–Kier alpha value is -1.22. The Bertz CT molecular complexity index is 392. The summed E-state index contributed by atoms with van der Waals surface area (Å²) in [5.41, 5.74) is 1.20. The highest BCUT2D eigenvalue weighted by Crippen LogP contribution is 2.34. The van der Waals surface area contributed by atoms with E-state index in [1.54, 1.807) is 7.11 Å². The Labute approximate surface area is 96.0 Å². The summed E-state index contributed by atoms with van der Waals surface area (Å²) in [5, 5.41) is 0. The summed E-state index contributed by atoms with van der Waals surface area (Å²) in [4.78, 5) is 2.51. The van der Waals surface area contributed by atoms with Gasteiger partial charge < -0.3 is 9.47 Å². The molecule has 0 aromatic heterocycles. The van der Waals surface area contributed by atoms with Crippen LogP contribution in [-0.2, 0) is 6.54 Å². The summed E-state index contributed by atoms with van der Waals surface area (Å²) in [6, 6.07) is 6.64. The summed E-state index contributed by atoms with van der Waals surface area (Å²) >= 11 is 0. The second-order valence-corrected chi connectivity index (χ2v) is 4.51. The monoisotopic (exact) mass is 219 g/mol. The van der Waals surface area contributed by atoms with Crippen LogP contribution in [0.4, 0.5) is 0 Å². The van der Waals surface area contributed by atoms with Gasteiger partial charge in [-0.1, -0.05) is 6.07 Å². The summed E-state index contributed by atoms with van der Waals surface area (Å²) in [7, 11) is 1.72. The van der Waals surface area contributed by atoms with Crippen LogP contribution in [0.3, 0.4) is 0 Å². The quantitative estimate of drug-likeness (QED) is 0.721. The molecule has 0 N–H and O–H groups in total. The molecule has 1 saturated heterocycles. The minimum Gasteiger partial charge on any atom is -0.496 e. The molecule has 2 aliphatic rings. The third-order valence-corrected chi connectivity index (χ3v) is 3.60. The summed E-state index contributed by atoms with van der Waals surface area (Å²) in [6.07, 6.45) is 2.55. The minimum absolute atomic E-state index is 0.595. The lowest BCUT2D eigenvalue weighted by Gasteiger charge is -2.20. The van der Waals surface area contributed by atoms with Gasteiger partial charge in [0.2, 0.25) is 0 Å². The second kappa shape index (κ2) is 3.98. The SMILES string of the molecule is COc1cccc2c1CN1CCC[C@H]1CO2. The van der Waals surface area contributed by atoms with Gasteiger partial charge in [0.25, 0.3) is 0 Å². The third kappa shape index (κ3) is 1.55. The van der Waals surface area contributed by atoms with Crippen molar-refractivity contribution in [3.8, 4) is 11.5 Å². The van der Waals surface area contributed by atoms with Crippen LogP contribution in [0.25, 0.3) is 0 Å². The lowest BCUT2D eigenvalue weighted by molar-refractivity contribution is 0.188. The number of hydrogen-bond donors (Lipinski definition) is 0. The molecular weight excluding hydrogens is 202 g/mol. The molecule has 16 heavy (non-hydrogen) atoms. The molecule has 0 unspecified atom stereocenters. The lowest BCUT2D eigenvalue weighted by Crippen LogP contribution is -2.31. The molecule has 0 saturated carbocycles. The van der Waals surface area contributed by atoms with Crippen molar-refractivity contribution in [1.82, 2.24) is 4.90 Å². The molecule has 86 valence electrons. The molecule has 2 aliphatic heterocycles. The molecule has 1 atom stereocenters. The van der Waals surface area contributed by atoms with Crippen molar-refractivity contribution in [2.24, 2.45) is 0 Å². The van der Waals surface area contributed by atoms with Gasteiger partial charge in [-0.05, 0) is 31.5 Å². The molecular formula is C13H17NO2. The molecule has 0 amide bonds. The second-order valence-electron chi connectivity index (χ2n) is 4.51. The van der Waals surface area contributed by atoms with Crippen molar-refractivity contribution < 1.29 is 9.47 Å². The van der Waals surface area contributed by atoms with Gasteiger partial charge in [-0.3, -0.25) is 4.90 Å². The normalized spacial score (nSPS) is 24.2. The molecule has 0 bridgehead atoms. The molecule has 0 spiro atoms. The first-order chi connectivity index (χ1) is 7.88. The van der Waals surface area contributed by atoms with Crippen LogP contribution >= 0.6 is 0 Å². The average Bonchev–Trinajstić information content (AvgIpc) is 2.68. The number of fused-ring (bicyclic) bond motifs is 2. The maximum absolute atomic E-state index is 5.88. The van der Waals surface area contributed by atoms with E-state index in [9.17, 15) is 0 Å². The Morgan fingerprint density at radius 3 is 3.25 bits per heavy atom. The van der Waals surface area contributed by atoms with Crippen molar-refractivity contribution in [3.63, 3.8) is 0 Å². The Kier molecular flexibility index (Phi) is 2.48. The first-order valence-electron chi connectivity index (χ1n) is 5.91. The standard InChI is InChI=1S/C13H17NO2/c1-15-12-5-2-6-13-11(12)8-14-7-3-4-10(14)9-16-13/h2,5-6,10H,3-4,7-9H2,1H3/t10-/m0/s1. The zero-order valence-electron chi connectivity index (χ0n) is 9.61. The molecule has 3 heteroatoms. The van der Waals surface area contributed by atoms with E-state index < -0.39 is 0 Å². The maximum atomic E-state index is 5.88. The molecule has 3 nitrogen and oxygen atoms in total. The predicted molar refractivity (Wildman–Crippen MR) is 61.9 cm³/mol. The van der Waals surface area contributed by atoms with Crippen LogP contribution in [0.5, 0.6) is 11.5 Å². The highest BCUT2D eigenvalue weighted by Gasteiger charge is 2.29. The fourth-order valence-corrected chi connectivity index (χ4v) is 2.71. The van der Waals surface area contributed by atoms with Gasteiger partial charge in [-0.2, -0.15) is 0 Å². The van der Waals surface area contributed by atoms with Crippen molar-refractivity contribution >= 4 is 0 Å². The van der Waals surface area contributed by atoms with Gasteiger partial charge in [0.05, 0.1) is 12.7 Å². The fourth-order valence-electron chi connectivity index (χ4n) is 2.71. The van der Waals surface area contributed by atoms with E-state index in [0.29, 0.717) is 6.04 Å². The van der Waals surface area contributed by atoms with Gasteiger partial charge in [-0.15, -0.1) is 0 Å². The van der Waals surface area contributed by atoms with Crippen molar-refractivity contribution in [2.75, 3.05) is 20.3 Å². The fraction of sp³-hybridized carbons (Fsp3) is 0.538. The largest absolute Gasteiger partial charge is 0.496 e. The van der Waals surface area contributed by atoms with Crippen molar-refractivity contribution in [3.05, 3.63) is 23.8 Å². The van der Waals surface area contributed by atoms with E-state index in [0.717, 1.165) is 24.7 Å². The highest BCUT2D eigenvalue weighted by molar-refractivity contribution is 5.45. The first kappa shape index (κ1) is 9.97. The molecule has 2 heterocycles. The molecule has 1 aromatic rings. The number of nitrogens with zero attached hydrogens (tertiary/aromatic N) is 1. The Morgan fingerprint density at radius 2 is 2.38 bits per heavy atom. The number of hydrogen-bond acceptors (Lipinski definition) is 3. The van der Waals surface area contributed by atoms with Crippen LogP contribution in [0, 0.1) is 0 Å². The lowest BCUT2D eigenvalue weighted by atomic mass is 10.1. The highest BCUT2D eigenvalue weighted by atomic mass is 16.5. The Balaban J connectivity index is 1.97.